The number of nitrogens with one attached hydrogen (secondary N) is 2. The maximum absolute atomic E-state index is 13.1. The van der Waals surface area contributed by atoms with Gasteiger partial charge in [-0.15, -0.1) is 0 Å². The first-order valence-corrected chi connectivity index (χ1v) is 15.1. The van der Waals surface area contributed by atoms with Crippen LogP contribution in [0.15, 0.2) is 78.9 Å². The van der Waals surface area contributed by atoms with Crippen LogP contribution in [0.1, 0.15) is 44.7 Å². The van der Waals surface area contributed by atoms with Gasteiger partial charge in [0, 0.05) is 29.4 Å². The molecule has 4 aromatic carbocycles. The number of carbonyl (C=O) groups is 2. The summed E-state index contributed by atoms with van der Waals surface area (Å²) < 4.78 is 0. The fraction of sp³-hybridized carbons (Fsp3) is 0.250. The highest BCUT2D eigenvalue weighted by Crippen LogP contribution is 2.25. The highest BCUT2D eigenvalue weighted by molar-refractivity contribution is 6.09. The molecule has 0 aliphatic heterocycles. The summed E-state index contributed by atoms with van der Waals surface area (Å²) in [4.78, 5) is 42.6. The highest BCUT2D eigenvalue weighted by atomic mass is 16.2. The third-order valence-electron chi connectivity index (χ3n) is 8.07. The van der Waals surface area contributed by atoms with Crippen LogP contribution < -0.4 is 10.6 Å². The number of amides is 2. The van der Waals surface area contributed by atoms with E-state index in [0.29, 0.717) is 35.2 Å². The van der Waals surface area contributed by atoms with Crippen LogP contribution in [0.4, 0.5) is 0 Å². The van der Waals surface area contributed by atoms with E-state index in [1.807, 2.05) is 67.6 Å². The number of aryl methyl sites for hydroxylation is 2. The Morgan fingerprint density at radius 3 is 1.93 bits per heavy atom. The molecule has 0 fully saturated rings. The van der Waals surface area contributed by atoms with Crippen molar-refractivity contribution in [1.29, 1.82) is 0 Å². The van der Waals surface area contributed by atoms with E-state index in [9.17, 15) is 9.59 Å². The Bertz CT molecular complexity index is 2020. The number of fused-ring (bicyclic) bond motifs is 4. The van der Waals surface area contributed by atoms with E-state index in [4.69, 9.17) is 15.0 Å². The summed E-state index contributed by atoms with van der Waals surface area (Å²) in [6, 6.07) is 25.3. The van der Waals surface area contributed by atoms with Gasteiger partial charge in [-0.2, -0.15) is 0 Å². The Balaban J connectivity index is 0.969. The molecule has 0 unspecified atom stereocenters. The monoisotopic (exact) mass is 584 g/mol. The molecule has 0 saturated carbocycles. The quantitative estimate of drug-likeness (QED) is 0.152. The van der Waals surface area contributed by atoms with E-state index in [0.717, 1.165) is 69.9 Å². The maximum atomic E-state index is 13.1. The predicted molar refractivity (Wildman–Crippen MR) is 177 cm³/mol. The Labute approximate surface area is 256 Å². The van der Waals surface area contributed by atoms with Gasteiger partial charge in [0.15, 0.2) is 0 Å². The third kappa shape index (κ3) is 6.07. The van der Waals surface area contributed by atoms with Crippen LogP contribution in [0.3, 0.4) is 0 Å². The lowest BCUT2D eigenvalue weighted by molar-refractivity contribution is 0.0947. The lowest BCUT2D eigenvalue weighted by Crippen LogP contribution is -2.31. The van der Waals surface area contributed by atoms with Crippen molar-refractivity contribution in [3.63, 3.8) is 0 Å². The van der Waals surface area contributed by atoms with Gasteiger partial charge in [0.05, 0.1) is 33.1 Å². The Morgan fingerprint density at radius 2 is 1.20 bits per heavy atom. The average Bonchev–Trinajstić information content (AvgIpc) is 3.03. The van der Waals surface area contributed by atoms with Gasteiger partial charge in [-0.1, -0.05) is 42.5 Å². The number of benzene rings is 4. The minimum Gasteiger partial charge on any atom is -0.352 e. The molecule has 0 atom stereocenters. The van der Waals surface area contributed by atoms with Crippen molar-refractivity contribution < 1.29 is 9.59 Å². The molecular formula is C36H36N6O2. The van der Waals surface area contributed by atoms with Crippen molar-refractivity contribution in [3.8, 4) is 0 Å². The van der Waals surface area contributed by atoms with Crippen molar-refractivity contribution >= 4 is 55.7 Å². The zero-order chi connectivity index (χ0) is 30.6. The molecule has 6 aromatic rings. The number of carbonyl (C=O) groups excluding carboxylic acids is 2. The smallest absolute Gasteiger partial charge is 0.253 e. The van der Waals surface area contributed by atoms with Crippen LogP contribution in [-0.2, 0) is 0 Å². The van der Waals surface area contributed by atoms with Gasteiger partial charge in [0.25, 0.3) is 11.8 Å². The fourth-order valence-electron chi connectivity index (χ4n) is 5.67. The van der Waals surface area contributed by atoms with Gasteiger partial charge in [0.1, 0.15) is 5.52 Å². The largest absolute Gasteiger partial charge is 0.352 e. The highest BCUT2D eigenvalue weighted by Gasteiger charge is 2.14. The molecule has 0 aliphatic carbocycles. The molecular weight excluding hydrogens is 548 g/mol. The molecule has 44 heavy (non-hydrogen) atoms. The molecule has 2 aromatic heterocycles. The Hall–Kier alpha value is -4.95. The van der Waals surface area contributed by atoms with Gasteiger partial charge < -0.3 is 15.5 Å². The number of hydrogen-bond acceptors (Lipinski definition) is 6. The van der Waals surface area contributed by atoms with Crippen molar-refractivity contribution in [1.82, 2.24) is 30.5 Å². The van der Waals surface area contributed by atoms with Crippen molar-refractivity contribution in [2.45, 2.75) is 26.7 Å². The first-order valence-electron chi connectivity index (χ1n) is 15.1. The summed E-state index contributed by atoms with van der Waals surface area (Å²) in [5.41, 5.74) is 8.09. The number of para-hydroxylation sites is 3. The van der Waals surface area contributed by atoms with Gasteiger partial charge in [-0.25, -0.2) is 15.0 Å². The lowest BCUT2D eigenvalue weighted by Gasteiger charge is -2.17. The molecule has 2 heterocycles. The Morgan fingerprint density at radius 1 is 0.636 bits per heavy atom. The van der Waals surface area contributed by atoms with Crippen molar-refractivity contribution in [2.75, 3.05) is 33.2 Å². The zero-order valence-electron chi connectivity index (χ0n) is 25.4. The second-order valence-electron chi connectivity index (χ2n) is 11.4. The van der Waals surface area contributed by atoms with E-state index in [2.05, 4.69) is 41.6 Å². The van der Waals surface area contributed by atoms with E-state index >= 15 is 0 Å². The standard InChI is InChI=1S/C36H36N6O2/c1-23-10-4-12-25-22-28-26(13-6-15-29(28)40-32(23)25)35(43)37-18-8-20-42(3)21-9-19-38-36(44)27-14-7-17-31-34(27)41-33-24(2)11-5-16-30(33)39-31/h4-7,10-17,22H,8-9,18-21H2,1-3H3,(H,37,43)(H,38,44). The molecule has 8 nitrogen and oxygen atoms in total. The van der Waals surface area contributed by atoms with Crippen LogP contribution in [0.2, 0.25) is 0 Å². The number of rotatable bonds is 10. The van der Waals surface area contributed by atoms with Crippen LogP contribution in [-0.4, -0.2) is 64.9 Å². The number of aromatic nitrogens is 3. The summed E-state index contributed by atoms with van der Waals surface area (Å²) in [6.07, 6.45) is 1.63. The second-order valence-corrected chi connectivity index (χ2v) is 11.4. The molecule has 2 N–H and O–H groups in total. The van der Waals surface area contributed by atoms with Crippen LogP contribution in [0, 0.1) is 13.8 Å². The molecule has 0 saturated heterocycles. The molecule has 6 rings (SSSR count). The van der Waals surface area contributed by atoms with Crippen LogP contribution in [0.5, 0.6) is 0 Å². The van der Waals surface area contributed by atoms with Gasteiger partial charge >= 0.3 is 0 Å². The number of nitrogens with zero attached hydrogens (tertiary/aromatic N) is 4. The van der Waals surface area contributed by atoms with Crippen LogP contribution in [0.25, 0.3) is 43.9 Å². The molecule has 0 radical (unpaired) electrons. The Kier molecular flexibility index (Phi) is 8.43. The number of pyridine rings is 1. The third-order valence-corrected chi connectivity index (χ3v) is 8.07. The van der Waals surface area contributed by atoms with E-state index in [1.54, 1.807) is 6.07 Å². The second kappa shape index (κ2) is 12.7. The summed E-state index contributed by atoms with van der Waals surface area (Å²) in [5, 5.41) is 8.01. The maximum Gasteiger partial charge on any atom is 0.253 e. The normalized spacial score (nSPS) is 11.5. The summed E-state index contributed by atoms with van der Waals surface area (Å²) in [7, 11) is 2.06. The summed E-state index contributed by atoms with van der Waals surface area (Å²) in [6.45, 7) is 6.84. The first kappa shape index (κ1) is 29.1. The number of hydrogen-bond donors (Lipinski definition) is 2. The van der Waals surface area contributed by atoms with E-state index < -0.39 is 0 Å². The molecule has 2 amide bonds. The molecule has 222 valence electrons. The van der Waals surface area contributed by atoms with Crippen molar-refractivity contribution in [2.24, 2.45) is 0 Å². The van der Waals surface area contributed by atoms with E-state index in [-0.39, 0.29) is 11.8 Å². The minimum absolute atomic E-state index is 0.0870. The zero-order valence-corrected chi connectivity index (χ0v) is 25.4. The predicted octanol–water partition coefficient (Wildman–Crippen LogP) is 5.97. The summed E-state index contributed by atoms with van der Waals surface area (Å²) in [5.74, 6) is -0.231. The SMILES string of the molecule is Cc1cccc2cc3c(C(=O)NCCCN(C)CCCNC(=O)c4cccc5nc6cccc(C)c6nc45)cccc3nc12. The average molecular weight is 585 g/mol. The molecule has 0 bridgehead atoms. The van der Waals surface area contributed by atoms with Gasteiger partial charge in [-0.3, -0.25) is 9.59 Å². The molecule has 0 spiro atoms. The first-order chi connectivity index (χ1) is 21.4. The minimum atomic E-state index is -0.144. The molecule has 8 heteroatoms. The van der Waals surface area contributed by atoms with E-state index in [1.165, 1.54) is 0 Å². The van der Waals surface area contributed by atoms with Crippen molar-refractivity contribution in [3.05, 3.63) is 101 Å². The molecule has 0 aliphatic rings. The topological polar surface area (TPSA) is 100 Å². The van der Waals surface area contributed by atoms with Crippen LogP contribution >= 0.6 is 0 Å². The lowest BCUT2D eigenvalue weighted by atomic mass is 10.0. The van der Waals surface area contributed by atoms with Gasteiger partial charge in [-0.05, 0) is 94.4 Å². The fourth-order valence-corrected chi connectivity index (χ4v) is 5.67. The van der Waals surface area contributed by atoms with Gasteiger partial charge in [0.2, 0.25) is 0 Å². The summed E-state index contributed by atoms with van der Waals surface area (Å²) >= 11 is 0.